The Balaban J connectivity index is 2.03. The molecule has 1 spiro atoms. The molecule has 0 heteroatoms. The van der Waals surface area contributed by atoms with Gasteiger partial charge in [0.2, 0.25) is 0 Å². The van der Waals surface area contributed by atoms with Crippen LogP contribution in [0.1, 0.15) is 54.4 Å². The summed E-state index contributed by atoms with van der Waals surface area (Å²) >= 11 is 0. The lowest BCUT2D eigenvalue weighted by atomic mass is 9.72. The second-order valence-corrected chi connectivity index (χ2v) is 7.07. The van der Waals surface area contributed by atoms with Crippen LogP contribution in [-0.2, 0) is 5.41 Å². The van der Waals surface area contributed by atoms with E-state index in [9.17, 15) is 0 Å². The molecule has 0 aliphatic heterocycles. The third-order valence-electron chi connectivity index (χ3n) is 5.45. The van der Waals surface area contributed by atoms with Crippen molar-refractivity contribution in [3.63, 3.8) is 0 Å². The third-order valence-corrected chi connectivity index (χ3v) is 5.45. The average Bonchev–Trinajstić information content (AvgIpc) is 2.73. The number of allylic oxidation sites excluding steroid dienone is 2. The number of aryl methyl sites for hydroxylation is 2. The van der Waals surface area contributed by atoms with E-state index in [4.69, 9.17) is 0 Å². The van der Waals surface area contributed by atoms with Crippen molar-refractivity contribution in [1.82, 2.24) is 0 Å². The molecule has 2 aromatic carbocycles. The highest BCUT2D eigenvalue weighted by molar-refractivity contribution is 5.83. The van der Waals surface area contributed by atoms with Crippen LogP contribution in [-0.4, -0.2) is 0 Å². The molecule has 0 nitrogen and oxygen atoms in total. The van der Waals surface area contributed by atoms with Crippen molar-refractivity contribution in [2.75, 3.05) is 0 Å². The van der Waals surface area contributed by atoms with Gasteiger partial charge >= 0.3 is 0 Å². The van der Waals surface area contributed by atoms with Crippen molar-refractivity contribution >= 4 is 0 Å². The van der Waals surface area contributed by atoms with E-state index in [0.29, 0.717) is 0 Å². The first kappa shape index (κ1) is 13.8. The van der Waals surface area contributed by atoms with Crippen LogP contribution in [0.5, 0.6) is 0 Å². The fourth-order valence-electron chi connectivity index (χ4n) is 4.33. The van der Waals surface area contributed by atoms with Crippen LogP contribution in [0.2, 0.25) is 0 Å². The summed E-state index contributed by atoms with van der Waals surface area (Å²) in [5, 5.41) is 0. The Labute approximate surface area is 133 Å². The topological polar surface area (TPSA) is 0 Å². The number of hydrogen-bond acceptors (Lipinski definition) is 0. The summed E-state index contributed by atoms with van der Waals surface area (Å²) in [6.07, 6.45) is 11.5. The molecule has 0 atom stereocenters. The lowest BCUT2D eigenvalue weighted by molar-refractivity contribution is 0.519. The minimum Gasteiger partial charge on any atom is -0.0873 e. The van der Waals surface area contributed by atoms with E-state index in [1.54, 1.807) is 0 Å². The minimum absolute atomic E-state index is 0.114. The molecule has 22 heavy (non-hydrogen) atoms. The molecular formula is C22H24. The van der Waals surface area contributed by atoms with Gasteiger partial charge in [-0.1, -0.05) is 72.5 Å². The number of benzene rings is 2. The van der Waals surface area contributed by atoms with Gasteiger partial charge in [0.05, 0.1) is 0 Å². The summed E-state index contributed by atoms with van der Waals surface area (Å²) in [7, 11) is 0. The summed E-state index contributed by atoms with van der Waals surface area (Å²) in [6.45, 7) is 4.43. The molecule has 0 aromatic heterocycles. The molecular weight excluding hydrogens is 264 g/mol. The van der Waals surface area contributed by atoms with Crippen molar-refractivity contribution in [3.05, 3.63) is 70.8 Å². The molecule has 0 bridgehead atoms. The lowest BCUT2D eigenvalue weighted by Crippen LogP contribution is -2.23. The van der Waals surface area contributed by atoms with Gasteiger partial charge < -0.3 is 0 Å². The molecule has 2 aromatic rings. The molecule has 112 valence electrons. The molecule has 0 N–H and O–H groups in total. The Morgan fingerprint density at radius 3 is 2.05 bits per heavy atom. The molecule has 0 heterocycles. The summed E-state index contributed by atoms with van der Waals surface area (Å²) < 4.78 is 0. The first-order chi connectivity index (χ1) is 10.7. The Morgan fingerprint density at radius 1 is 0.773 bits per heavy atom. The van der Waals surface area contributed by atoms with Crippen LogP contribution in [0.4, 0.5) is 0 Å². The van der Waals surface area contributed by atoms with Crippen LogP contribution in [0.3, 0.4) is 0 Å². The third kappa shape index (κ3) is 1.97. The zero-order valence-electron chi connectivity index (χ0n) is 13.7. The van der Waals surface area contributed by atoms with Gasteiger partial charge in [-0.05, 0) is 55.4 Å². The first-order valence-electron chi connectivity index (χ1n) is 8.61. The van der Waals surface area contributed by atoms with Crippen molar-refractivity contribution in [1.29, 1.82) is 0 Å². The predicted molar refractivity (Wildman–Crippen MR) is 94.4 cm³/mol. The van der Waals surface area contributed by atoms with Crippen LogP contribution in [0.15, 0.2) is 48.6 Å². The second kappa shape index (κ2) is 5.12. The maximum atomic E-state index is 2.52. The van der Waals surface area contributed by atoms with Crippen LogP contribution < -0.4 is 0 Å². The summed E-state index contributed by atoms with van der Waals surface area (Å²) in [5.41, 5.74) is 8.83. The van der Waals surface area contributed by atoms with E-state index in [1.807, 2.05) is 0 Å². The maximum Gasteiger partial charge on any atom is 0.0394 e. The summed E-state index contributed by atoms with van der Waals surface area (Å²) in [5.74, 6) is 0. The second-order valence-electron chi connectivity index (χ2n) is 7.07. The van der Waals surface area contributed by atoms with E-state index in [2.05, 4.69) is 62.4 Å². The van der Waals surface area contributed by atoms with Gasteiger partial charge in [-0.3, -0.25) is 0 Å². The lowest BCUT2D eigenvalue weighted by Gasteiger charge is -2.30. The normalized spacial score (nSPS) is 18.6. The van der Waals surface area contributed by atoms with E-state index < -0.39 is 0 Å². The summed E-state index contributed by atoms with van der Waals surface area (Å²) in [6, 6.07) is 14.0. The quantitative estimate of drug-likeness (QED) is 0.514. The van der Waals surface area contributed by atoms with Crippen molar-refractivity contribution in [2.24, 2.45) is 0 Å². The molecule has 2 aliphatic rings. The molecule has 0 fully saturated rings. The van der Waals surface area contributed by atoms with Gasteiger partial charge in [-0.2, -0.15) is 0 Å². The molecule has 0 amide bonds. The van der Waals surface area contributed by atoms with Gasteiger partial charge in [-0.25, -0.2) is 0 Å². The van der Waals surface area contributed by atoms with E-state index in [-0.39, 0.29) is 5.41 Å². The van der Waals surface area contributed by atoms with Crippen molar-refractivity contribution in [3.8, 4) is 11.1 Å². The number of hydrogen-bond donors (Lipinski definition) is 0. The predicted octanol–water partition coefficient (Wildman–Crippen LogP) is 6.09. The Hall–Kier alpha value is -1.82. The standard InChI is InChI=1S/C22H24/c1-16-8-10-18-19-11-9-17(2)15-21(19)22(20(18)14-16)12-6-4-3-5-7-13-22/h6,8-12,14-15H,3-5,7,13H2,1-2H3. The van der Waals surface area contributed by atoms with Crippen LogP contribution in [0.25, 0.3) is 11.1 Å². The molecule has 0 saturated carbocycles. The van der Waals surface area contributed by atoms with Gasteiger partial charge in [0, 0.05) is 5.41 Å². The largest absolute Gasteiger partial charge is 0.0873 e. The van der Waals surface area contributed by atoms with Crippen LogP contribution in [0, 0.1) is 13.8 Å². The monoisotopic (exact) mass is 288 g/mol. The smallest absolute Gasteiger partial charge is 0.0394 e. The number of fused-ring (bicyclic) bond motifs is 5. The molecule has 0 radical (unpaired) electrons. The van der Waals surface area contributed by atoms with Gasteiger partial charge in [0.25, 0.3) is 0 Å². The zero-order chi connectivity index (χ0) is 15.2. The van der Waals surface area contributed by atoms with E-state index in [0.717, 1.165) is 0 Å². The highest BCUT2D eigenvalue weighted by Gasteiger charge is 2.40. The van der Waals surface area contributed by atoms with Gasteiger partial charge in [0.15, 0.2) is 0 Å². The Bertz CT molecular complexity index is 697. The molecule has 0 unspecified atom stereocenters. The SMILES string of the molecule is Cc1ccc2c(c1)C1(C=CCCCCC1)c1cc(C)ccc1-2. The molecule has 0 saturated heterocycles. The fourth-order valence-corrected chi connectivity index (χ4v) is 4.33. The minimum atomic E-state index is 0.114. The van der Waals surface area contributed by atoms with E-state index in [1.165, 1.54) is 65.5 Å². The van der Waals surface area contributed by atoms with Crippen LogP contribution >= 0.6 is 0 Å². The Kier molecular flexibility index (Phi) is 3.22. The molecule has 4 rings (SSSR count). The maximum absolute atomic E-state index is 2.52. The van der Waals surface area contributed by atoms with Crippen molar-refractivity contribution < 1.29 is 0 Å². The Morgan fingerprint density at radius 2 is 1.41 bits per heavy atom. The van der Waals surface area contributed by atoms with E-state index >= 15 is 0 Å². The average molecular weight is 288 g/mol. The summed E-state index contributed by atoms with van der Waals surface area (Å²) in [4.78, 5) is 0. The number of rotatable bonds is 0. The van der Waals surface area contributed by atoms with Gasteiger partial charge in [0.1, 0.15) is 0 Å². The fraction of sp³-hybridized carbons (Fsp3) is 0.364. The molecule has 2 aliphatic carbocycles. The highest BCUT2D eigenvalue weighted by Crippen LogP contribution is 2.53. The van der Waals surface area contributed by atoms with Gasteiger partial charge in [-0.15, -0.1) is 0 Å². The zero-order valence-corrected chi connectivity index (χ0v) is 13.7. The van der Waals surface area contributed by atoms with Crippen molar-refractivity contribution in [2.45, 2.75) is 51.4 Å². The highest BCUT2D eigenvalue weighted by atomic mass is 14.4. The first-order valence-corrected chi connectivity index (χ1v) is 8.61.